The predicted octanol–water partition coefficient (Wildman–Crippen LogP) is 15.5. The molecule has 7 aromatic carbocycles. The Morgan fingerprint density at radius 1 is 0.535 bits per heavy atom. The highest BCUT2D eigenvalue weighted by atomic mass is 32.2. The number of fused-ring (bicyclic) bond motifs is 16. The van der Waals surface area contributed by atoms with Crippen LogP contribution in [0, 0.1) is 0 Å². The average Bonchev–Trinajstić information content (AvgIpc) is 4.06. The van der Waals surface area contributed by atoms with Crippen molar-refractivity contribution in [2.75, 3.05) is 14.7 Å². The van der Waals surface area contributed by atoms with Crippen LogP contribution in [0.25, 0.3) is 11.0 Å². The SMILES string of the molecule is CC1(C)CCC(C)(C)c2c1ccc1c3c(oc21)N(c1ccccc1)c1cc(N2c4ccccc4C4c5ccccc5C(C)(C)C42)cc2c1B3c1cc3c(cc1N2c1ccccc1)C1(C)CCCCC1(C)S3. The monoisotopic (exact) mass is 943 g/mol. The van der Waals surface area contributed by atoms with Crippen molar-refractivity contribution in [2.45, 2.75) is 137 Å². The summed E-state index contributed by atoms with van der Waals surface area (Å²) in [5.74, 6) is 1.20. The minimum absolute atomic E-state index is 0.0441. The Labute approximate surface area is 424 Å². The number of thioether (sulfide) groups is 1. The first kappa shape index (κ1) is 42.6. The first-order chi connectivity index (χ1) is 34.2. The van der Waals surface area contributed by atoms with Crippen molar-refractivity contribution in [1.82, 2.24) is 0 Å². The number of para-hydroxylation sites is 3. The maximum atomic E-state index is 7.83. The van der Waals surface area contributed by atoms with Crippen LogP contribution in [0.15, 0.2) is 155 Å². The van der Waals surface area contributed by atoms with E-state index in [4.69, 9.17) is 4.42 Å². The van der Waals surface area contributed by atoms with Gasteiger partial charge in [0.2, 0.25) is 5.88 Å². The van der Waals surface area contributed by atoms with Crippen LogP contribution in [0.1, 0.15) is 133 Å². The summed E-state index contributed by atoms with van der Waals surface area (Å²) < 4.78 is 7.97. The van der Waals surface area contributed by atoms with Gasteiger partial charge < -0.3 is 14.2 Å². The zero-order valence-corrected chi connectivity index (χ0v) is 43.3. The second-order valence-electron chi connectivity index (χ2n) is 24.6. The van der Waals surface area contributed by atoms with E-state index >= 15 is 0 Å². The number of furan rings is 1. The fourth-order valence-electron chi connectivity index (χ4n) is 15.7. The lowest BCUT2D eigenvalue weighted by Crippen LogP contribution is -2.61. The number of rotatable bonds is 3. The molecule has 1 saturated carbocycles. The summed E-state index contributed by atoms with van der Waals surface area (Å²) in [7, 11) is 0. The van der Waals surface area contributed by atoms with Crippen LogP contribution >= 0.6 is 11.8 Å². The standard InChI is InChI=1S/C65H62BN3OS/c1-61(2)33-34-62(3,4)55-46(61)30-29-44-56-60(70-58(44)55)69(40-23-13-10-14-24-40)52-36-41(68-49-28-18-16-26-43(49)54-42-25-15-17-27-45(42)63(5,6)59(54)68)35-51-57(52)66(56)48-38-53-47(64(7)31-19-20-32-65(64,8)71-53)37-50(48)67(51)39-21-11-9-12-22-39/h9-18,21-30,35-38,54,59H,19-20,31-34H2,1-8H3. The molecule has 0 saturated heterocycles. The Bertz CT molecular complexity index is 3590. The first-order valence-corrected chi connectivity index (χ1v) is 27.4. The molecule has 4 nitrogen and oxygen atoms in total. The number of nitrogens with zero attached hydrogens (tertiary/aromatic N) is 3. The quantitative estimate of drug-likeness (QED) is 0.164. The lowest BCUT2D eigenvalue weighted by molar-refractivity contribution is 0.260. The fraction of sp³-hybridized carbons (Fsp3) is 0.323. The molecule has 1 aromatic heterocycles. The molecule has 15 rings (SSSR count). The van der Waals surface area contributed by atoms with Crippen molar-refractivity contribution in [3.8, 4) is 0 Å². The lowest BCUT2D eigenvalue weighted by atomic mass is 9.33. The van der Waals surface area contributed by atoms with Crippen LogP contribution in [0.4, 0.5) is 45.7 Å². The van der Waals surface area contributed by atoms with E-state index < -0.39 is 0 Å². The first-order valence-electron chi connectivity index (χ1n) is 26.5. The van der Waals surface area contributed by atoms with Gasteiger partial charge in [-0.2, -0.15) is 0 Å². The zero-order chi connectivity index (χ0) is 48.1. The summed E-state index contributed by atoms with van der Waals surface area (Å²) >= 11 is 2.17. The third-order valence-electron chi connectivity index (χ3n) is 19.6. The molecule has 6 heteroatoms. The number of anilines is 8. The molecule has 5 heterocycles. The molecule has 352 valence electrons. The van der Waals surface area contributed by atoms with Gasteiger partial charge in [-0.05, 0) is 131 Å². The molecule has 4 unspecified atom stereocenters. The normalized spacial score (nSPS) is 25.1. The van der Waals surface area contributed by atoms with E-state index in [2.05, 4.69) is 227 Å². The lowest BCUT2D eigenvalue weighted by Gasteiger charge is -2.46. The largest absolute Gasteiger partial charge is 0.440 e. The van der Waals surface area contributed by atoms with Gasteiger partial charge in [0.05, 0.1) is 6.04 Å². The van der Waals surface area contributed by atoms with Gasteiger partial charge in [0.25, 0.3) is 6.71 Å². The number of hydrogen-bond acceptors (Lipinski definition) is 5. The highest BCUT2D eigenvalue weighted by molar-refractivity contribution is 8.01. The number of hydrogen-bond donors (Lipinski definition) is 0. The molecular formula is C65H62BN3OS. The van der Waals surface area contributed by atoms with E-state index in [1.54, 1.807) is 0 Å². The molecule has 8 aromatic rings. The molecule has 0 amide bonds. The molecule has 7 aliphatic rings. The van der Waals surface area contributed by atoms with Crippen LogP contribution in [0.2, 0.25) is 0 Å². The van der Waals surface area contributed by atoms with Crippen LogP contribution in [0.5, 0.6) is 0 Å². The summed E-state index contributed by atoms with van der Waals surface area (Å²) in [4.78, 5) is 9.39. The van der Waals surface area contributed by atoms with Crippen LogP contribution in [-0.2, 0) is 21.7 Å². The van der Waals surface area contributed by atoms with Gasteiger partial charge >= 0.3 is 0 Å². The predicted molar refractivity (Wildman–Crippen MR) is 299 cm³/mol. The van der Waals surface area contributed by atoms with E-state index in [1.165, 1.54) is 120 Å². The molecule has 71 heavy (non-hydrogen) atoms. The van der Waals surface area contributed by atoms with Gasteiger partial charge in [-0.15, -0.1) is 11.8 Å². The van der Waals surface area contributed by atoms with Crippen LogP contribution in [-0.4, -0.2) is 17.5 Å². The van der Waals surface area contributed by atoms with Crippen molar-refractivity contribution >= 4 is 91.5 Å². The molecule has 4 atom stereocenters. The molecule has 3 aliphatic carbocycles. The fourth-order valence-corrected chi connectivity index (χ4v) is 17.4. The Kier molecular flexibility index (Phi) is 8.45. The van der Waals surface area contributed by atoms with Crippen LogP contribution < -0.4 is 31.1 Å². The number of benzene rings is 7. The Morgan fingerprint density at radius 3 is 1.94 bits per heavy atom. The summed E-state index contributed by atoms with van der Waals surface area (Å²) in [5, 5.41) is 1.25. The third-order valence-corrected chi connectivity index (χ3v) is 21.2. The molecular weight excluding hydrogens is 882 g/mol. The summed E-state index contributed by atoms with van der Waals surface area (Å²) in [5.41, 5.74) is 22.2. The second kappa shape index (κ2) is 14.1. The van der Waals surface area contributed by atoms with Gasteiger partial charge in [-0.1, -0.05) is 158 Å². The minimum atomic E-state index is -0.132. The van der Waals surface area contributed by atoms with Gasteiger partial charge in [0.1, 0.15) is 5.58 Å². The van der Waals surface area contributed by atoms with Crippen molar-refractivity contribution in [1.29, 1.82) is 0 Å². The van der Waals surface area contributed by atoms with E-state index in [0.29, 0.717) is 0 Å². The summed E-state index contributed by atoms with van der Waals surface area (Å²) in [6.45, 7) is 19.8. The topological polar surface area (TPSA) is 22.9 Å². The maximum Gasteiger partial charge on any atom is 0.257 e. The second-order valence-corrected chi connectivity index (χ2v) is 26.1. The molecule has 0 N–H and O–H groups in total. The Balaban J connectivity index is 1.08. The van der Waals surface area contributed by atoms with Gasteiger partial charge in [0, 0.05) is 82.6 Å². The Hall–Kier alpha value is -6.11. The molecule has 4 aliphatic heterocycles. The van der Waals surface area contributed by atoms with Crippen LogP contribution in [0.3, 0.4) is 0 Å². The average molecular weight is 944 g/mol. The van der Waals surface area contributed by atoms with E-state index in [1.807, 2.05) is 0 Å². The smallest absolute Gasteiger partial charge is 0.257 e. The molecule has 0 spiro atoms. The molecule has 0 radical (unpaired) electrons. The van der Waals surface area contributed by atoms with Gasteiger partial charge in [-0.25, -0.2) is 0 Å². The highest BCUT2D eigenvalue weighted by Gasteiger charge is 2.58. The van der Waals surface area contributed by atoms with Crippen molar-refractivity contribution < 1.29 is 4.42 Å². The van der Waals surface area contributed by atoms with E-state index in [9.17, 15) is 0 Å². The Morgan fingerprint density at radius 2 is 1.18 bits per heavy atom. The molecule has 0 bridgehead atoms. The zero-order valence-electron chi connectivity index (χ0n) is 42.5. The highest BCUT2D eigenvalue weighted by Crippen LogP contribution is 2.65. The summed E-state index contributed by atoms with van der Waals surface area (Å²) in [6, 6.07) is 56.5. The van der Waals surface area contributed by atoms with Crippen molar-refractivity contribution in [2.24, 2.45) is 0 Å². The third kappa shape index (κ3) is 5.40. The van der Waals surface area contributed by atoms with Crippen molar-refractivity contribution in [3.63, 3.8) is 0 Å². The summed E-state index contributed by atoms with van der Waals surface area (Å²) in [6.07, 6.45) is 7.31. The van der Waals surface area contributed by atoms with E-state index in [0.717, 1.165) is 30.0 Å². The van der Waals surface area contributed by atoms with E-state index in [-0.39, 0.29) is 45.1 Å². The molecule has 1 fully saturated rings. The van der Waals surface area contributed by atoms with Gasteiger partial charge in [0.15, 0.2) is 0 Å². The van der Waals surface area contributed by atoms with Gasteiger partial charge in [-0.3, -0.25) is 4.90 Å². The maximum absolute atomic E-state index is 7.83. The van der Waals surface area contributed by atoms with Crippen molar-refractivity contribution in [3.05, 3.63) is 179 Å². The minimum Gasteiger partial charge on any atom is -0.440 e.